The SMILES string of the molecule is CCCCNC(=O)N1C[C@H](C(=O)N2CCC[C@@H](C(=O)OCC)C2)C[C@H](c2ccc(F)c(C)c2)C1. The highest BCUT2D eigenvalue weighted by molar-refractivity contribution is 5.82. The van der Waals surface area contributed by atoms with Gasteiger partial charge in [-0.3, -0.25) is 9.59 Å². The number of rotatable bonds is 7. The fourth-order valence-corrected chi connectivity index (χ4v) is 4.98. The molecule has 1 aromatic carbocycles. The number of carbonyl (C=O) groups excluding carboxylic acids is 3. The van der Waals surface area contributed by atoms with Gasteiger partial charge in [-0.1, -0.05) is 25.5 Å². The molecule has 0 aliphatic carbocycles. The monoisotopic (exact) mass is 475 g/mol. The summed E-state index contributed by atoms with van der Waals surface area (Å²) in [6.45, 7) is 8.28. The smallest absolute Gasteiger partial charge is 0.317 e. The number of amides is 3. The Morgan fingerprint density at radius 1 is 1.12 bits per heavy atom. The Morgan fingerprint density at radius 3 is 2.59 bits per heavy atom. The number of nitrogens with zero attached hydrogens (tertiary/aromatic N) is 2. The van der Waals surface area contributed by atoms with Crippen LogP contribution in [0.15, 0.2) is 18.2 Å². The number of halogens is 1. The third-order valence-corrected chi connectivity index (χ3v) is 6.90. The van der Waals surface area contributed by atoms with E-state index in [0.29, 0.717) is 51.3 Å². The van der Waals surface area contributed by atoms with Gasteiger partial charge in [0, 0.05) is 38.6 Å². The summed E-state index contributed by atoms with van der Waals surface area (Å²) in [5.41, 5.74) is 1.49. The average Bonchev–Trinajstić information content (AvgIpc) is 2.85. The van der Waals surface area contributed by atoms with Crippen molar-refractivity contribution in [2.45, 2.75) is 58.8 Å². The second kappa shape index (κ2) is 12.2. The predicted molar refractivity (Wildman–Crippen MR) is 128 cm³/mol. The number of piperidine rings is 2. The lowest BCUT2D eigenvalue weighted by atomic mass is 9.83. The van der Waals surface area contributed by atoms with E-state index in [1.54, 1.807) is 29.7 Å². The molecule has 3 amide bonds. The van der Waals surface area contributed by atoms with E-state index >= 15 is 0 Å². The van der Waals surface area contributed by atoms with Crippen LogP contribution in [0.5, 0.6) is 0 Å². The molecule has 2 saturated heterocycles. The van der Waals surface area contributed by atoms with Gasteiger partial charge in [-0.2, -0.15) is 0 Å². The number of hydrogen-bond acceptors (Lipinski definition) is 4. The lowest BCUT2D eigenvalue weighted by molar-refractivity contribution is -0.152. The Bertz CT molecular complexity index is 878. The van der Waals surface area contributed by atoms with Gasteiger partial charge >= 0.3 is 12.0 Å². The zero-order chi connectivity index (χ0) is 24.7. The Balaban J connectivity index is 1.77. The Kier molecular flexibility index (Phi) is 9.30. The average molecular weight is 476 g/mol. The topological polar surface area (TPSA) is 79.0 Å². The molecule has 3 rings (SSSR count). The van der Waals surface area contributed by atoms with Gasteiger partial charge in [-0.25, -0.2) is 9.18 Å². The minimum atomic E-state index is -0.373. The normalized spacial score (nSPS) is 22.9. The first-order chi connectivity index (χ1) is 16.3. The van der Waals surface area contributed by atoms with E-state index < -0.39 is 0 Å². The molecular weight excluding hydrogens is 437 g/mol. The lowest BCUT2D eigenvalue weighted by Gasteiger charge is -2.40. The number of nitrogens with one attached hydrogen (secondary N) is 1. The van der Waals surface area contributed by atoms with Gasteiger partial charge in [0.05, 0.1) is 18.4 Å². The van der Waals surface area contributed by atoms with Crippen LogP contribution in [-0.2, 0) is 14.3 Å². The highest BCUT2D eigenvalue weighted by Crippen LogP contribution is 2.33. The van der Waals surface area contributed by atoms with Crippen LogP contribution in [0.4, 0.5) is 9.18 Å². The van der Waals surface area contributed by atoms with Crippen LogP contribution in [0.25, 0.3) is 0 Å². The summed E-state index contributed by atoms with van der Waals surface area (Å²) >= 11 is 0. The third kappa shape index (κ3) is 6.48. The molecule has 2 aliphatic rings. The zero-order valence-corrected chi connectivity index (χ0v) is 20.6. The van der Waals surface area contributed by atoms with E-state index in [0.717, 1.165) is 31.2 Å². The minimum absolute atomic E-state index is 0.0242. The number of urea groups is 1. The molecule has 0 unspecified atom stereocenters. The maximum atomic E-state index is 13.9. The molecule has 2 heterocycles. The van der Waals surface area contributed by atoms with Gasteiger partial charge in [-0.15, -0.1) is 0 Å². The Labute approximate surface area is 202 Å². The fourth-order valence-electron chi connectivity index (χ4n) is 4.98. The number of esters is 1. The van der Waals surface area contributed by atoms with Gasteiger partial charge in [0.15, 0.2) is 0 Å². The van der Waals surface area contributed by atoms with Crippen molar-refractivity contribution in [1.82, 2.24) is 15.1 Å². The number of aryl methyl sites for hydroxylation is 1. The first-order valence-electron chi connectivity index (χ1n) is 12.6. The Hall–Kier alpha value is -2.64. The van der Waals surface area contributed by atoms with E-state index in [1.165, 1.54) is 6.07 Å². The highest BCUT2D eigenvalue weighted by Gasteiger charge is 2.38. The van der Waals surface area contributed by atoms with E-state index in [9.17, 15) is 18.8 Å². The number of ether oxygens (including phenoxy) is 1. The number of benzene rings is 1. The van der Waals surface area contributed by atoms with E-state index in [4.69, 9.17) is 4.74 Å². The van der Waals surface area contributed by atoms with Crippen LogP contribution in [-0.4, -0.2) is 67.0 Å². The first kappa shape index (κ1) is 26.0. The van der Waals surface area contributed by atoms with Crippen LogP contribution >= 0.6 is 0 Å². The molecule has 8 heteroatoms. The molecule has 1 aromatic rings. The van der Waals surface area contributed by atoms with Crippen LogP contribution in [0, 0.1) is 24.6 Å². The number of carbonyl (C=O) groups is 3. The molecule has 2 aliphatic heterocycles. The molecule has 188 valence electrons. The quantitative estimate of drug-likeness (QED) is 0.480. The summed E-state index contributed by atoms with van der Waals surface area (Å²) in [4.78, 5) is 42.2. The van der Waals surface area contributed by atoms with Crippen molar-refractivity contribution in [3.63, 3.8) is 0 Å². The standard InChI is InChI=1S/C26H38FN3O4/c1-4-6-11-28-26(33)30-16-21(19-9-10-23(27)18(3)13-19)14-22(17-30)24(31)29-12-7-8-20(15-29)25(32)34-5-2/h9-10,13,20-22H,4-8,11-12,14-17H2,1-3H3,(H,28,33)/t20-,21+,22-/m1/s1. The largest absolute Gasteiger partial charge is 0.466 e. The summed E-state index contributed by atoms with van der Waals surface area (Å²) in [6.07, 6.45) is 3.94. The van der Waals surface area contributed by atoms with Gasteiger partial charge in [0.1, 0.15) is 5.82 Å². The first-order valence-corrected chi connectivity index (χ1v) is 12.6. The molecule has 0 bridgehead atoms. The molecule has 0 spiro atoms. The van der Waals surface area contributed by atoms with Crippen molar-refractivity contribution < 1.29 is 23.5 Å². The molecule has 1 N–H and O–H groups in total. The van der Waals surface area contributed by atoms with Gasteiger partial charge in [0.25, 0.3) is 0 Å². The Morgan fingerprint density at radius 2 is 1.88 bits per heavy atom. The fraction of sp³-hybridized carbons (Fsp3) is 0.654. The van der Waals surface area contributed by atoms with E-state index in [1.807, 2.05) is 6.07 Å². The van der Waals surface area contributed by atoms with Crippen molar-refractivity contribution in [1.29, 1.82) is 0 Å². The van der Waals surface area contributed by atoms with Gasteiger partial charge in [-0.05, 0) is 56.7 Å². The number of hydrogen-bond donors (Lipinski definition) is 1. The maximum absolute atomic E-state index is 13.9. The number of unbranched alkanes of at least 4 members (excludes halogenated alkanes) is 1. The zero-order valence-electron chi connectivity index (χ0n) is 20.6. The van der Waals surface area contributed by atoms with Crippen molar-refractivity contribution in [3.05, 3.63) is 35.1 Å². The van der Waals surface area contributed by atoms with E-state index in [-0.39, 0.29) is 41.5 Å². The van der Waals surface area contributed by atoms with E-state index in [2.05, 4.69) is 12.2 Å². The second-order valence-electron chi connectivity index (χ2n) is 9.50. The maximum Gasteiger partial charge on any atom is 0.317 e. The molecule has 7 nitrogen and oxygen atoms in total. The summed E-state index contributed by atoms with van der Waals surface area (Å²) in [5.74, 6) is -1.28. The number of likely N-dealkylation sites (tertiary alicyclic amines) is 2. The molecule has 0 radical (unpaired) electrons. The van der Waals surface area contributed by atoms with Crippen molar-refractivity contribution >= 4 is 17.9 Å². The molecule has 34 heavy (non-hydrogen) atoms. The summed E-state index contributed by atoms with van der Waals surface area (Å²) in [6, 6.07) is 4.86. The minimum Gasteiger partial charge on any atom is -0.466 e. The second-order valence-corrected chi connectivity index (χ2v) is 9.50. The van der Waals surface area contributed by atoms with Crippen molar-refractivity contribution in [2.24, 2.45) is 11.8 Å². The molecule has 0 aromatic heterocycles. The third-order valence-electron chi connectivity index (χ3n) is 6.90. The highest BCUT2D eigenvalue weighted by atomic mass is 19.1. The van der Waals surface area contributed by atoms with Crippen LogP contribution in [0.2, 0.25) is 0 Å². The van der Waals surface area contributed by atoms with Gasteiger partial charge < -0.3 is 19.9 Å². The molecular formula is C26H38FN3O4. The molecule has 2 fully saturated rings. The lowest BCUT2D eigenvalue weighted by Crippen LogP contribution is -2.53. The molecule has 0 saturated carbocycles. The van der Waals surface area contributed by atoms with Crippen LogP contribution < -0.4 is 5.32 Å². The van der Waals surface area contributed by atoms with Crippen molar-refractivity contribution in [2.75, 3.05) is 39.3 Å². The van der Waals surface area contributed by atoms with Crippen LogP contribution in [0.3, 0.4) is 0 Å². The summed E-state index contributed by atoms with van der Waals surface area (Å²) < 4.78 is 19.1. The predicted octanol–water partition coefficient (Wildman–Crippen LogP) is 3.85. The van der Waals surface area contributed by atoms with Crippen molar-refractivity contribution in [3.8, 4) is 0 Å². The van der Waals surface area contributed by atoms with Crippen LogP contribution in [0.1, 0.15) is 63.0 Å². The summed E-state index contributed by atoms with van der Waals surface area (Å²) in [7, 11) is 0. The molecule has 3 atom stereocenters. The van der Waals surface area contributed by atoms with Gasteiger partial charge in [0.2, 0.25) is 5.91 Å². The summed E-state index contributed by atoms with van der Waals surface area (Å²) in [5, 5.41) is 2.96.